The summed E-state index contributed by atoms with van der Waals surface area (Å²) in [6.45, 7) is 0.0823. The molecule has 0 fully saturated rings. The van der Waals surface area contributed by atoms with Gasteiger partial charge < -0.3 is 5.73 Å². The Morgan fingerprint density at radius 1 is 1.38 bits per heavy atom. The summed E-state index contributed by atoms with van der Waals surface area (Å²) in [7, 11) is -1.97. The molecule has 1 aromatic rings. The van der Waals surface area contributed by atoms with Gasteiger partial charge in [0.25, 0.3) is 0 Å². The molecule has 0 saturated heterocycles. The van der Waals surface area contributed by atoms with E-state index in [0.717, 1.165) is 4.31 Å². The molecule has 0 bridgehead atoms. The number of hydrogen-bond donors (Lipinski definition) is 1. The molecule has 0 heterocycles. The largest absolute Gasteiger partial charge is 0.329 e. The van der Waals surface area contributed by atoms with Crippen molar-refractivity contribution in [3.63, 3.8) is 0 Å². The van der Waals surface area contributed by atoms with E-state index in [9.17, 15) is 12.8 Å². The summed E-state index contributed by atoms with van der Waals surface area (Å²) >= 11 is 0. The van der Waals surface area contributed by atoms with E-state index in [1.54, 1.807) is 18.2 Å². The van der Waals surface area contributed by atoms with E-state index in [0.29, 0.717) is 5.56 Å². The predicted molar refractivity (Wildman–Crippen MR) is 60.7 cm³/mol. The predicted octanol–water partition coefficient (Wildman–Crippen LogP) is 0.546. The van der Waals surface area contributed by atoms with Gasteiger partial charge in [0, 0.05) is 25.7 Å². The van der Waals surface area contributed by atoms with Crippen LogP contribution in [0.15, 0.2) is 24.3 Å². The normalized spacial score (nSPS) is 12.0. The Labute approximate surface area is 94.9 Å². The maximum Gasteiger partial charge on any atom is 0.215 e. The highest BCUT2D eigenvalue weighted by molar-refractivity contribution is 7.89. The van der Waals surface area contributed by atoms with Gasteiger partial charge in [0.2, 0.25) is 10.0 Å². The van der Waals surface area contributed by atoms with Gasteiger partial charge in [-0.2, -0.15) is 0 Å². The molecule has 16 heavy (non-hydrogen) atoms. The lowest BCUT2D eigenvalue weighted by Gasteiger charge is -2.16. The van der Waals surface area contributed by atoms with Crippen molar-refractivity contribution in [2.24, 2.45) is 5.73 Å². The van der Waals surface area contributed by atoms with Crippen molar-refractivity contribution in [3.8, 4) is 0 Å². The van der Waals surface area contributed by atoms with Crippen molar-refractivity contribution in [2.45, 2.75) is 6.54 Å². The van der Waals surface area contributed by atoms with Gasteiger partial charge in [-0.05, 0) is 6.07 Å². The van der Waals surface area contributed by atoms with Gasteiger partial charge in [0.15, 0.2) is 0 Å². The summed E-state index contributed by atoms with van der Waals surface area (Å²) in [6.07, 6.45) is 0. The summed E-state index contributed by atoms with van der Waals surface area (Å²) in [5.41, 5.74) is 5.55. The third kappa shape index (κ3) is 3.26. The van der Waals surface area contributed by atoms with Gasteiger partial charge in [-0.25, -0.2) is 17.1 Å². The van der Waals surface area contributed by atoms with Crippen LogP contribution in [0, 0.1) is 5.82 Å². The highest BCUT2D eigenvalue weighted by Gasteiger charge is 2.17. The maximum atomic E-state index is 13.3. The Hall–Kier alpha value is -0.980. The van der Waals surface area contributed by atoms with Gasteiger partial charge in [0.05, 0.1) is 5.75 Å². The van der Waals surface area contributed by atoms with Gasteiger partial charge in [-0.3, -0.25) is 0 Å². The fraction of sp³-hybridized carbons (Fsp3) is 0.400. The molecule has 0 radical (unpaired) electrons. The number of benzene rings is 1. The maximum absolute atomic E-state index is 13.3. The summed E-state index contributed by atoms with van der Waals surface area (Å²) in [5.74, 6) is -0.532. The molecule has 0 spiro atoms. The van der Waals surface area contributed by atoms with Crippen molar-refractivity contribution >= 4 is 10.0 Å². The molecule has 2 N–H and O–H groups in total. The minimum atomic E-state index is -3.38. The van der Waals surface area contributed by atoms with Gasteiger partial charge in [-0.15, -0.1) is 0 Å². The number of sulfonamides is 1. The number of nitrogens with zero attached hydrogens (tertiary/aromatic N) is 1. The Kier molecular flexibility index (Phi) is 4.40. The summed E-state index contributed by atoms with van der Waals surface area (Å²) in [4.78, 5) is 0. The first-order chi connectivity index (χ1) is 7.47. The topological polar surface area (TPSA) is 63.4 Å². The third-order valence-electron chi connectivity index (χ3n) is 2.20. The SMILES string of the molecule is CN(Cc1ccccc1F)S(=O)(=O)CCN. The lowest BCUT2D eigenvalue weighted by atomic mass is 10.2. The van der Waals surface area contributed by atoms with Crippen LogP contribution in [0.3, 0.4) is 0 Å². The van der Waals surface area contributed by atoms with Crippen LogP contribution < -0.4 is 5.73 Å². The van der Waals surface area contributed by atoms with E-state index in [-0.39, 0.29) is 18.8 Å². The number of rotatable bonds is 5. The molecule has 0 aliphatic carbocycles. The Balaban J connectivity index is 2.79. The lowest BCUT2D eigenvalue weighted by molar-refractivity contribution is 0.456. The summed E-state index contributed by atoms with van der Waals surface area (Å²) in [6, 6.07) is 6.09. The standard InChI is InChI=1S/C10H15FN2O2S/c1-13(16(14,15)7-6-12)8-9-4-2-3-5-10(9)11/h2-5H,6-8,12H2,1H3. The van der Waals surface area contributed by atoms with Crippen molar-refractivity contribution in [1.29, 1.82) is 0 Å². The van der Waals surface area contributed by atoms with E-state index in [2.05, 4.69) is 0 Å². The van der Waals surface area contributed by atoms with Crippen molar-refractivity contribution in [3.05, 3.63) is 35.6 Å². The molecule has 1 aromatic carbocycles. The first kappa shape index (κ1) is 13.1. The number of nitrogens with two attached hydrogens (primary N) is 1. The molecule has 6 heteroatoms. The van der Waals surface area contributed by atoms with Crippen LogP contribution >= 0.6 is 0 Å². The molecular formula is C10H15FN2O2S. The Bertz CT molecular complexity index is 448. The Morgan fingerprint density at radius 3 is 2.56 bits per heavy atom. The average Bonchev–Trinajstić information content (AvgIpc) is 2.21. The fourth-order valence-electron chi connectivity index (χ4n) is 1.27. The first-order valence-electron chi connectivity index (χ1n) is 4.85. The van der Waals surface area contributed by atoms with Crippen LogP contribution in [0.1, 0.15) is 5.56 Å². The van der Waals surface area contributed by atoms with Crippen LogP contribution in [-0.4, -0.2) is 32.1 Å². The average molecular weight is 246 g/mol. The fourth-order valence-corrected chi connectivity index (χ4v) is 2.21. The number of hydrogen-bond acceptors (Lipinski definition) is 3. The first-order valence-corrected chi connectivity index (χ1v) is 6.46. The smallest absolute Gasteiger partial charge is 0.215 e. The molecule has 0 aliphatic rings. The van der Waals surface area contributed by atoms with Crippen molar-refractivity contribution in [1.82, 2.24) is 4.31 Å². The minimum absolute atomic E-state index is 0.0228. The molecule has 1 rings (SSSR count). The molecule has 4 nitrogen and oxygen atoms in total. The minimum Gasteiger partial charge on any atom is -0.329 e. The second-order valence-electron chi connectivity index (χ2n) is 3.45. The van der Waals surface area contributed by atoms with Gasteiger partial charge >= 0.3 is 0 Å². The molecule has 0 saturated carbocycles. The van der Waals surface area contributed by atoms with E-state index in [1.807, 2.05) is 0 Å². The molecular weight excluding hydrogens is 231 g/mol. The molecule has 90 valence electrons. The molecule has 0 unspecified atom stereocenters. The van der Waals surface area contributed by atoms with Gasteiger partial charge in [-0.1, -0.05) is 18.2 Å². The highest BCUT2D eigenvalue weighted by atomic mass is 32.2. The van der Waals surface area contributed by atoms with E-state index in [4.69, 9.17) is 5.73 Å². The van der Waals surface area contributed by atoms with E-state index in [1.165, 1.54) is 13.1 Å². The second kappa shape index (κ2) is 5.38. The van der Waals surface area contributed by atoms with Crippen LogP contribution in [0.25, 0.3) is 0 Å². The monoisotopic (exact) mass is 246 g/mol. The van der Waals surface area contributed by atoms with Gasteiger partial charge in [0.1, 0.15) is 5.82 Å². The zero-order valence-electron chi connectivity index (χ0n) is 9.06. The van der Waals surface area contributed by atoms with Crippen LogP contribution in [0.2, 0.25) is 0 Å². The Morgan fingerprint density at radius 2 is 2.00 bits per heavy atom. The molecule has 0 aliphatic heterocycles. The molecule has 0 atom stereocenters. The second-order valence-corrected chi connectivity index (χ2v) is 5.65. The highest BCUT2D eigenvalue weighted by Crippen LogP contribution is 2.11. The zero-order chi connectivity index (χ0) is 12.2. The third-order valence-corrected chi connectivity index (χ3v) is 4.03. The molecule has 0 amide bonds. The quantitative estimate of drug-likeness (QED) is 0.825. The van der Waals surface area contributed by atoms with E-state index >= 15 is 0 Å². The van der Waals surface area contributed by atoms with Crippen molar-refractivity contribution < 1.29 is 12.8 Å². The summed E-state index contributed by atoms with van der Waals surface area (Å²) in [5, 5.41) is 0. The van der Waals surface area contributed by atoms with E-state index < -0.39 is 15.8 Å². The van der Waals surface area contributed by atoms with Crippen LogP contribution in [0.4, 0.5) is 4.39 Å². The lowest BCUT2D eigenvalue weighted by Crippen LogP contribution is -2.31. The zero-order valence-corrected chi connectivity index (χ0v) is 9.87. The van der Waals surface area contributed by atoms with Crippen molar-refractivity contribution in [2.75, 3.05) is 19.3 Å². The number of halogens is 1. The summed E-state index contributed by atoms with van der Waals surface area (Å²) < 4.78 is 37.5. The van der Waals surface area contributed by atoms with Crippen LogP contribution in [-0.2, 0) is 16.6 Å². The van der Waals surface area contributed by atoms with Crippen LogP contribution in [0.5, 0.6) is 0 Å². The molecule has 0 aromatic heterocycles.